The van der Waals surface area contributed by atoms with Crippen molar-refractivity contribution in [2.24, 2.45) is 5.73 Å². The van der Waals surface area contributed by atoms with E-state index >= 15 is 0 Å². The fourth-order valence-electron chi connectivity index (χ4n) is 1.69. The number of hydrogen-bond donors (Lipinski definition) is 1. The second-order valence-corrected chi connectivity index (χ2v) is 4.90. The second-order valence-electron chi connectivity index (χ2n) is 4.49. The van der Waals surface area contributed by atoms with Crippen molar-refractivity contribution < 1.29 is 9.13 Å². The number of ether oxygens (including phenoxy) is 1. The maximum atomic E-state index is 13.2. The lowest BCUT2D eigenvalue weighted by Crippen LogP contribution is -2.04. The smallest absolute Gasteiger partial charge is 0.146 e. The first kappa shape index (κ1) is 13.8. The Morgan fingerprint density at radius 2 is 1.95 bits per heavy atom. The SMILES string of the molecule is Cc1cc(Oc2ccc([C@@H](C)N)cc2Cl)ccc1F. The van der Waals surface area contributed by atoms with Gasteiger partial charge in [-0.25, -0.2) is 4.39 Å². The van der Waals surface area contributed by atoms with Gasteiger partial charge in [0.25, 0.3) is 0 Å². The lowest BCUT2D eigenvalue weighted by atomic mass is 10.1. The molecule has 0 saturated carbocycles. The molecule has 2 rings (SSSR count). The highest BCUT2D eigenvalue weighted by molar-refractivity contribution is 6.32. The molecule has 19 heavy (non-hydrogen) atoms. The highest BCUT2D eigenvalue weighted by Gasteiger charge is 2.08. The molecule has 0 aliphatic rings. The zero-order chi connectivity index (χ0) is 14.0. The lowest BCUT2D eigenvalue weighted by Gasteiger charge is -2.11. The molecule has 0 aliphatic heterocycles. The monoisotopic (exact) mass is 279 g/mol. The highest BCUT2D eigenvalue weighted by Crippen LogP contribution is 2.31. The van der Waals surface area contributed by atoms with Crippen molar-refractivity contribution >= 4 is 11.6 Å². The number of rotatable bonds is 3. The summed E-state index contributed by atoms with van der Waals surface area (Å²) >= 11 is 6.14. The molecule has 0 spiro atoms. The average molecular weight is 280 g/mol. The maximum absolute atomic E-state index is 13.2. The van der Waals surface area contributed by atoms with Gasteiger partial charge in [0, 0.05) is 6.04 Å². The van der Waals surface area contributed by atoms with Gasteiger partial charge >= 0.3 is 0 Å². The quantitative estimate of drug-likeness (QED) is 0.891. The zero-order valence-electron chi connectivity index (χ0n) is 10.8. The third-order valence-corrected chi connectivity index (χ3v) is 3.13. The first-order valence-corrected chi connectivity index (χ1v) is 6.34. The van der Waals surface area contributed by atoms with E-state index in [0.717, 1.165) is 5.56 Å². The molecule has 0 bridgehead atoms. The van der Waals surface area contributed by atoms with Crippen LogP contribution in [0.1, 0.15) is 24.1 Å². The van der Waals surface area contributed by atoms with Gasteiger partial charge in [-0.2, -0.15) is 0 Å². The Morgan fingerprint density at radius 3 is 2.53 bits per heavy atom. The molecule has 2 aromatic rings. The van der Waals surface area contributed by atoms with Crippen LogP contribution in [0.25, 0.3) is 0 Å². The Balaban J connectivity index is 2.25. The molecule has 0 saturated heterocycles. The summed E-state index contributed by atoms with van der Waals surface area (Å²) in [5.74, 6) is 0.817. The summed E-state index contributed by atoms with van der Waals surface area (Å²) in [6.45, 7) is 3.57. The fourth-order valence-corrected chi connectivity index (χ4v) is 1.92. The normalized spacial score (nSPS) is 12.3. The molecule has 4 heteroatoms. The van der Waals surface area contributed by atoms with Crippen LogP contribution in [-0.2, 0) is 0 Å². The Labute approximate surface area is 117 Å². The molecule has 0 radical (unpaired) electrons. The van der Waals surface area contributed by atoms with Gasteiger partial charge in [0.05, 0.1) is 5.02 Å². The van der Waals surface area contributed by atoms with Crippen molar-refractivity contribution in [1.82, 2.24) is 0 Å². The van der Waals surface area contributed by atoms with Crippen LogP contribution in [0.5, 0.6) is 11.5 Å². The van der Waals surface area contributed by atoms with E-state index in [1.165, 1.54) is 6.07 Å². The third-order valence-electron chi connectivity index (χ3n) is 2.84. The Hall–Kier alpha value is -1.58. The van der Waals surface area contributed by atoms with E-state index in [4.69, 9.17) is 22.1 Å². The molecule has 100 valence electrons. The minimum Gasteiger partial charge on any atom is -0.456 e. The van der Waals surface area contributed by atoms with E-state index in [1.807, 2.05) is 13.0 Å². The molecule has 0 aliphatic carbocycles. The van der Waals surface area contributed by atoms with Crippen molar-refractivity contribution in [2.75, 3.05) is 0 Å². The second kappa shape index (κ2) is 5.59. The van der Waals surface area contributed by atoms with Crippen LogP contribution in [-0.4, -0.2) is 0 Å². The minimum atomic E-state index is -0.259. The van der Waals surface area contributed by atoms with Gasteiger partial charge in [0.2, 0.25) is 0 Å². The standard InChI is InChI=1S/C15H15ClFNO/c1-9-7-12(4-5-14(9)17)19-15-6-3-11(10(2)18)8-13(15)16/h3-8,10H,18H2,1-2H3/t10-/m1/s1. The van der Waals surface area contributed by atoms with E-state index in [0.29, 0.717) is 22.1 Å². The van der Waals surface area contributed by atoms with Crippen LogP contribution in [0.15, 0.2) is 36.4 Å². The van der Waals surface area contributed by atoms with Crippen LogP contribution in [0.3, 0.4) is 0 Å². The summed E-state index contributed by atoms with van der Waals surface area (Å²) in [5.41, 5.74) is 7.25. The Kier molecular flexibility index (Phi) is 4.08. The molecular weight excluding hydrogens is 265 g/mol. The van der Waals surface area contributed by atoms with Gasteiger partial charge in [-0.3, -0.25) is 0 Å². The molecule has 0 fully saturated rings. The first-order chi connectivity index (χ1) is 8.97. The van der Waals surface area contributed by atoms with Crippen LogP contribution in [0.2, 0.25) is 5.02 Å². The van der Waals surface area contributed by atoms with Crippen molar-refractivity contribution in [1.29, 1.82) is 0 Å². The molecule has 0 heterocycles. The topological polar surface area (TPSA) is 35.2 Å². The van der Waals surface area contributed by atoms with Gasteiger partial charge < -0.3 is 10.5 Å². The van der Waals surface area contributed by atoms with Crippen LogP contribution < -0.4 is 10.5 Å². The fraction of sp³-hybridized carbons (Fsp3) is 0.200. The first-order valence-electron chi connectivity index (χ1n) is 5.96. The van der Waals surface area contributed by atoms with Crippen LogP contribution in [0.4, 0.5) is 4.39 Å². The largest absolute Gasteiger partial charge is 0.456 e. The Morgan fingerprint density at radius 1 is 1.21 bits per heavy atom. The van der Waals surface area contributed by atoms with Crippen LogP contribution >= 0.6 is 11.6 Å². The predicted molar refractivity (Wildman–Crippen MR) is 75.3 cm³/mol. The van der Waals surface area contributed by atoms with Gasteiger partial charge in [0.1, 0.15) is 17.3 Å². The van der Waals surface area contributed by atoms with E-state index in [-0.39, 0.29) is 11.9 Å². The van der Waals surface area contributed by atoms with Gasteiger partial charge in [0.15, 0.2) is 0 Å². The lowest BCUT2D eigenvalue weighted by molar-refractivity contribution is 0.479. The number of aryl methyl sites for hydroxylation is 1. The summed E-state index contributed by atoms with van der Waals surface area (Å²) in [6.07, 6.45) is 0. The molecule has 0 unspecified atom stereocenters. The molecule has 2 N–H and O–H groups in total. The maximum Gasteiger partial charge on any atom is 0.146 e. The molecule has 0 aromatic heterocycles. The van der Waals surface area contributed by atoms with Gasteiger partial charge in [-0.05, 0) is 55.3 Å². The number of halogens is 2. The molecule has 2 nitrogen and oxygen atoms in total. The zero-order valence-corrected chi connectivity index (χ0v) is 11.5. The average Bonchev–Trinajstić information content (AvgIpc) is 2.36. The van der Waals surface area contributed by atoms with Crippen LogP contribution in [0, 0.1) is 12.7 Å². The summed E-state index contributed by atoms with van der Waals surface area (Å²) in [4.78, 5) is 0. The molecule has 1 atom stereocenters. The Bertz CT molecular complexity index is 599. The minimum absolute atomic E-state index is 0.0837. The van der Waals surface area contributed by atoms with Gasteiger partial charge in [-0.1, -0.05) is 17.7 Å². The number of nitrogens with two attached hydrogens (primary N) is 1. The van der Waals surface area contributed by atoms with Gasteiger partial charge in [-0.15, -0.1) is 0 Å². The van der Waals surface area contributed by atoms with E-state index in [9.17, 15) is 4.39 Å². The number of benzene rings is 2. The van der Waals surface area contributed by atoms with E-state index < -0.39 is 0 Å². The summed E-state index contributed by atoms with van der Waals surface area (Å²) in [6, 6.07) is 9.89. The van der Waals surface area contributed by atoms with E-state index in [1.54, 1.807) is 31.2 Å². The molecular formula is C15H15ClFNO. The predicted octanol–water partition coefficient (Wildman–Crippen LogP) is 4.60. The van der Waals surface area contributed by atoms with Crippen molar-refractivity contribution in [3.05, 3.63) is 58.4 Å². The summed E-state index contributed by atoms with van der Waals surface area (Å²) in [5, 5.41) is 0.483. The van der Waals surface area contributed by atoms with Crippen molar-refractivity contribution in [3.63, 3.8) is 0 Å². The van der Waals surface area contributed by atoms with Crippen molar-refractivity contribution in [2.45, 2.75) is 19.9 Å². The number of hydrogen-bond acceptors (Lipinski definition) is 2. The third kappa shape index (κ3) is 3.25. The molecule has 0 amide bonds. The van der Waals surface area contributed by atoms with Crippen molar-refractivity contribution in [3.8, 4) is 11.5 Å². The molecule has 2 aromatic carbocycles. The van der Waals surface area contributed by atoms with E-state index in [2.05, 4.69) is 0 Å². The highest BCUT2D eigenvalue weighted by atomic mass is 35.5. The summed E-state index contributed by atoms with van der Waals surface area (Å²) < 4.78 is 18.8. The summed E-state index contributed by atoms with van der Waals surface area (Å²) in [7, 11) is 0.